The van der Waals surface area contributed by atoms with Gasteiger partial charge in [-0.1, -0.05) is 18.6 Å². The number of carbonyl (C=O) groups is 2. The van der Waals surface area contributed by atoms with E-state index in [-0.39, 0.29) is 12.4 Å². The van der Waals surface area contributed by atoms with Crippen molar-refractivity contribution in [3.05, 3.63) is 34.9 Å². The minimum atomic E-state index is -0.418. The molecule has 0 fully saturated rings. The summed E-state index contributed by atoms with van der Waals surface area (Å²) >= 11 is 0. The first-order valence-corrected chi connectivity index (χ1v) is 6.45. The molecule has 0 aliphatic heterocycles. The van der Waals surface area contributed by atoms with E-state index in [1.807, 2.05) is 18.2 Å². The maximum absolute atomic E-state index is 11.8. The smallest absolute Gasteiger partial charge is 0.303 e. The Morgan fingerprint density at radius 3 is 2.56 bits per heavy atom. The molecule has 0 saturated heterocycles. The lowest BCUT2D eigenvalue weighted by Gasteiger charge is -2.08. The second-order valence-corrected chi connectivity index (χ2v) is 4.75. The van der Waals surface area contributed by atoms with E-state index >= 15 is 0 Å². The maximum Gasteiger partial charge on any atom is 0.303 e. The summed E-state index contributed by atoms with van der Waals surface area (Å²) in [5, 5.41) is 0. The van der Waals surface area contributed by atoms with Crippen molar-refractivity contribution in [1.82, 2.24) is 0 Å². The van der Waals surface area contributed by atoms with Crippen LogP contribution in [-0.2, 0) is 22.4 Å². The summed E-state index contributed by atoms with van der Waals surface area (Å²) in [6, 6.07) is 5.85. The number of Topliss-reactive ketones (excluding diaryl/α,β-unsaturated/α-hetero) is 1. The van der Waals surface area contributed by atoms with Crippen molar-refractivity contribution in [1.29, 1.82) is 0 Å². The highest BCUT2D eigenvalue weighted by Crippen LogP contribution is 2.21. The minimum Gasteiger partial charge on any atom is -0.457 e. The predicted molar refractivity (Wildman–Crippen MR) is 68.7 cm³/mol. The van der Waals surface area contributed by atoms with Gasteiger partial charge in [0.1, 0.15) is 0 Å². The molecule has 0 bridgehead atoms. The number of ketones is 1. The van der Waals surface area contributed by atoms with E-state index in [0.717, 1.165) is 12.8 Å². The zero-order chi connectivity index (χ0) is 13.0. The van der Waals surface area contributed by atoms with E-state index < -0.39 is 5.97 Å². The topological polar surface area (TPSA) is 43.4 Å². The van der Waals surface area contributed by atoms with E-state index in [2.05, 4.69) is 0 Å². The fraction of sp³-hybridized carbons (Fsp3) is 0.467. The molecule has 2 rings (SSSR count). The zero-order valence-corrected chi connectivity index (χ0v) is 10.7. The molecular weight excluding hydrogens is 228 g/mol. The lowest BCUT2D eigenvalue weighted by molar-refractivity contribution is -0.139. The van der Waals surface area contributed by atoms with Crippen molar-refractivity contribution in [2.45, 2.75) is 39.0 Å². The molecule has 0 radical (unpaired) electrons. The Bertz CT molecular complexity index is 463. The second-order valence-electron chi connectivity index (χ2n) is 4.75. The summed E-state index contributed by atoms with van der Waals surface area (Å²) < 4.78 is 4.74. The highest BCUT2D eigenvalue weighted by Gasteiger charge is 2.12. The van der Waals surface area contributed by atoms with Gasteiger partial charge in [-0.3, -0.25) is 9.59 Å². The van der Waals surface area contributed by atoms with E-state index in [4.69, 9.17) is 4.74 Å². The summed E-state index contributed by atoms with van der Waals surface area (Å²) in [7, 11) is 0. The van der Waals surface area contributed by atoms with Gasteiger partial charge in [-0.05, 0) is 42.9 Å². The molecule has 0 N–H and O–H groups in total. The van der Waals surface area contributed by atoms with Crippen LogP contribution in [0, 0.1) is 0 Å². The standard InChI is InChI=1S/C15H18O3/c1-11(16)18-10-15(17)14-8-7-12-5-3-2-4-6-13(12)9-14/h7-9H,2-6,10H2,1H3. The number of esters is 1. The molecule has 1 aliphatic carbocycles. The third-order valence-electron chi connectivity index (χ3n) is 3.33. The number of fused-ring (bicyclic) bond motifs is 1. The summed E-state index contributed by atoms with van der Waals surface area (Å²) in [6.07, 6.45) is 5.82. The number of ether oxygens (including phenoxy) is 1. The van der Waals surface area contributed by atoms with Crippen LogP contribution in [0.5, 0.6) is 0 Å². The molecule has 0 spiro atoms. The van der Waals surface area contributed by atoms with Crippen LogP contribution in [-0.4, -0.2) is 18.4 Å². The van der Waals surface area contributed by atoms with Crippen molar-refractivity contribution in [3.63, 3.8) is 0 Å². The van der Waals surface area contributed by atoms with Gasteiger partial charge in [0, 0.05) is 12.5 Å². The van der Waals surface area contributed by atoms with Crippen molar-refractivity contribution in [2.24, 2.45) is 0 Å². The number of rotatable bonds is 3. The molecule has 0 amide bonds. The Hall–Kier alpha value is -1.64. The molecule has 0 heterocycles. The minimum absolute atomic E-state index is 0.128. The van der Waals surface area contributed by atoms with Crippen LogP contribution < -0.4 is 0 Å². The molecule has 18 heavy (non-hydrogen) atoms. The van der Waals surface area contributed by atoms with Crippen LogP contribution in [0.1, 0.15) is 47.7 Å². The van der Waals surface area contributed by atoms with E-state index in [1.165, 1.54) is 37.3 Å². The molecule has 1 aromatic carbocycles. The van der Waals surface area contributed by atoms with Crippen molar-refractivity contribution >= 4 is 11.8 Å². The number of aryl methyl sites for hydroxylation is 2. The van der Waals surface area contributed by atoms with Gasteiger partial charge in [-0.2, -0.15) is 0 Å². The monoisotopic (exact) mass is 246 g/mol. The van der Waals surface area contributed by atoms with Gasteiger partial charge < -0.3 is 4.74 Å². The molecule has 96 valence electrons. The van der Waals surface area contributed by atoms with Gasteiger partial charge in [-0.25, -0.2) is 0 Å². The van der Waals surface area contributed by atoms with Gasteiger partial charge in [0.2, 0.25) is 0 Å². The van der Waals surface area contributed by atoms with Crippen LogP contribution in [0.3, 0.4) is 0 Å². The summed E-state index contributed by atoms with van der Waals surface area (Å²) in [5.74, 6) is -0.546. The molecule has 1 aliphatic rings. The molecule has 0 unspecified atom stereocenters. The molecule has 3 heteroatoms. The van der Waals surface area contributed by atoms with Crippen molar-refractivity contribution in [3.8, 4) is 0 Å². The average molecular weight is 246 g/mol. The molecule has 0 aromatic heterocycles. The molecule has 0 saturated carbocycles. The van der Waals surface area contributed by atoms with Gasteiger partial charge in [0.15, 0.2) is 12.4 Å². The lowest BCUT2D eigenvalue weighted by atomic mass is 9.98. The average Bonchev–Trinajstić information content (AvgIpc) is 2.60. The zero-order valence-electron chi connectivity index (χ0n) is 10.7. The number of hydrogen-bond donors (Lipinski definition) is 0. The highest BCUT2D eigenvalue weighted by atomic mass is 16.5. The number of hydrogen-bond acceptors (Lipinski definition) is 3. The Morgan fingerprint density at radius 2 is 1.83 bits per heavy atom. The van der Waals surface area contributed by atoms with Crippen LogP contribution in [0.25, 0.3) is 0 Å². The third-order valence-corrected chi connectivity index (χ3v) is 3.33. The molecular formula is C15H18O3. The summed E-state index contributed by atoms with van der Waals surface area (Å²) in [4.78, 5) is 22.5. The van der Waals surface area contributed by atoms with E-state index in [9.17, 15) is 9.59 Å². The fourth-order valence-electron chi connectivity index (χ4n) is 2.33. The van der Waals surface area contributed by atoms with Crippen LogP contribution in [0.2, 0.25) is 0 Å². The van der Waals surface area contributed by atoms with Gasteiger partial charge >= 0.3 is 5.97 Å². The summed E-state index contributed by atoms with van der Waals surface area (Å²) in [6.45, 7) is 1.15. The lowest BCUT2D eigenvalue weighted by Crippen LogP contribution is -2.12. The first-order valence-electron chi connectivity index (χ1n) is 6.45. The molecule has 3 nitrogen and oxygen atoms in total. The molecule has 1 aromatic rings. The first kappa shape index (κ1) is 12.8. The van der Waals surface area contributed by atoms with Crippen molar-refractivity contribution in [2.75, 3.05) is 6.61 Å². The Labute approximate surface area is 107 Å². The van der Waals surface area contributed by atoms with Gasteiger partial charge in [0.25, 0.3) is 0 Å². The highest BCUT2D eigenvalue weighted by molar-refractivity contribution is 5.98. The quantitative estimate of drug-likeness (QED) is 0.468. The Kier molecular flexibility index (Phi) is 4.13. The van der Waals surface area contributed by atoms with Gasteiger partial charge in [-0.15, -0.1) is 0 Å². The number of carbonyl (C=O) groups excluding carboxylic acids is 2. The van der Waals surface area contributed by atoms with Crippen LogP contribution in [0.15, 0.2) is 18.2 Å². The second kappa shape index (κ2) is 5.80. The molecule has 0 atom stereocenters. The fourth-order valence-corrected chi connectivity index (χ4v) is 2.33. The SMILES string of the molecule is CC(=O)OCC(=O)c1ccc2c(c1)CCCCC2. The first-order chi connectivity index (χ1) is 8.66. The van der Waals surface area contributed by atoms with Crippen LogP contribution in [0.4, 0.5) is 0 Å². The third kappa shape index (κ3) is 3.19. The predicted octanol–water partition coefficient (Wildman–Crippen LogP) is 2.70. The Balaban J connectivity index is 2.12. The van der Waals surface area contributed by atoms with Gasteiger partial charge in [0.05, 0.1) is 0 Å². The van der Waals surface area contributed by atoms with Crippen LogP contribution >= 0.6 is 0 Å². The number of benzene rings is 1. The van der Waals surface area contributed by atoms with E-state index in [0.29, 0.717) is 5.56 Å². The van der Waals surface area contributed by atoms with Crippen molar-refractivity contribution < 1.29 is 14.3 Å². The van der Waals surface area contributed by atoms with E-state index in [1.54, 1.807) is 0 Å². The maximum atomic E-state index is 11.8. The Morgan fingerprint density at radius 1 is 1.11 bits per heavy atom. The summed E-state index contributed by atoms with van der Waals surface area (Å²) in [5.41, 5.74) is 3.29. The largest absolute Gasteiger partial charge is 0.457 e. The normalized spacial score (nSPS) is 14.5.